The van der Waals surface area contributed by atoms with Crippen LogP contribution in [0.15, 0.2) is 21.9 Å². The van der Waals surface area contributed by atoms with Crippen LogP contribution in [0.25, 0.3) is 0 Å². The van der Waals surface area contributed by atoms with E-state index in [4.69, 9.17) is 0 Å². The Kier molecular flexibility index (Phi) is 4.22. The molecule has 0 bridgehead atoms. The molecule has 5 nitrogen and oxygen atoms in total. The maximum atomic E-state index is 11.8. The Morgan fingerprint density at radius 1 is 1.31 bits per heavy atom. The second-order valence-corrected chi connectivity index (χ2v) is 3.73. The van der Waals surface area contributed by atoms with Crippen molar-refractivity contribution >= 4 is 5.78 Å². The standard InChI is InChI=1S/C11H16N2O3/c1-3-6-12-7-5-10(15)13(11(12)16)8-4-9(2)14/h5,7H,3-4,6,8H2,1-2H3. The Labute approximate surface area is 93.3 Å². The van der Waals surface area contributed by atoms with Gasteiger partial charge in [-0.05, 0) is 13.3 Å². The molecule has 0 saturated carbocycles. The third-order valence-corrected chi connectivity index (χ3v) is 2.29. The summed E-state index contributed by atoms with van der Waals surface area (Å²) in [6.07, 6.45) is 2.54. The highest BCUT2D eigenvalue weighted by atomic mass is 16.2. The van der Waals surface area contributed by atoms with Gasteiger partial charge in [0.05, 0.1) is 0 Å². The number of nitrogens with zero attached hydrogens (tertiary/aromatic N) is 2. The number of ketones is 1. The summed E-state index contributed by atoms with van der Waals surface area (Å²) in [6, 6.07) is 1.36. The van der Waals surface area contributed by atoms with Crippen LogP contribution in [0.5, 0.6) is 0 Å². The Hall–Kier alpha value is -1.65. The first-order chi connectivity index (χ1) is 7.56. The summed E-state index contributed by atoms with van der Waals surface area (Å²) in [5.74, 6) is -0.0304. The van der Waals surface area contributed by atoms with Crippen molar-refractivity contribution in [2.24, 2.45) is 0 Å². The molecule has 0 aliphatic rings. The zero-order valence-corrected chi connectivity index (χ0v) is 9.60. The minimum atomic E-state index is -0.349. The van der Waals surface area contributed by atoms with Gasteiger partial charge in [-0.1, -0.05) is 6.92 Å². The molecule has 0 unspecified atom stereocenters. The minimum Gasteiger partial charge on any atom is -0.300 e. The van der Waals surface area contributed by atoms with E-state index in [0.717, 1.165) is 11.0 Å². The maximum Gasteiger partial charge on any atom is 0.330 e. The Morgan fingerprint density at radius 3 is 2.56 bits per heavy atom. The van der Waals surface area contributed by atoms with E-state index in [9.17, 15) is 14.4 Å². The first-order valence-electron chi connectivity index (χ1n) is 5.36. The molecule has 5 heteroatoms. The molecule has 1 heterocycles. The zero-order valence-electron chi connectivity index (χ0n) is 9.60. The lowest BCUT2D eigenvalue weighted by atomic mass is 10.3. The van der Waals surface area contributed by atoms with Crippen LogP contribution in [-0.2, 0) is 17.9 Å². The minimum absolute atomic E-state index is 0.0304. The number of aromatic nitrogens is 2. The van der Waals surface area contributed by atoms with Gasteiger partial charge in [-0.15, -0.1) is 0 Å². The zero-order chi connectivity index (χ0) is 12.1. The molecule has 1 rings (SSSR count). The number of Topliss-reactive ketones (excluding diaryl/α,β-unsaturated/α-hetero) is 1. The average molecular weight is 224 g/mol. The average Bonchev–Trinajstić information content (AvgIpc) is 2.22. The third-order valence-electron chi connectivity index (χ3n) is 2.29. The van der Waals surface area contributed by atoms with E-state index >= 15 is 0 Å². The lowest BCUT2D eigenvalue weighted by Crippen LogP contribution is -2.39. The van der Waals surface area contributed by atoms with E-state index in [-0.39, 0.29) is 30.0 Å². The summed E-state index contributed by atoms with van der Waals surface area (Å²) < 4.78 is 2.60. The van der Waals surface area contributed by atoms with Crippen molar-refractivity contribution in [2.45, 2.75) is 39.8 Å². The van der Waals surface area contributed by atoms with Crippen LogP contribution in [0, 0.1) is 0 Å². The summed E-state index contributed by atoms with van der Waals surface area (Å²) in [4.78, 5) is 34.1. The summed E-state index contributed by atoms with van der Waals surface area (Å²) in [5.41, 5.74) is -0.686. The van der Waals surface area contributed by atoms with Crippen LogP contribution in [0.3, 0.4) is 0 Å². The van der Waals surface area contributed by atoms with E-state index < -0.39 is 0 Å². The highest BCUT2D eigenvalue weighted by Crippen LogP contribution is 1.87. The molecule has 0 N–H and O–H groups in total. The van der Waals surface area contributed by atoms with Crippen molar-refractivity contribution in [2.75, 3.05) is 0 Å². The Balaban J connectivity index is 3.06. The number of hydrogen-bond donors (Lipinski definition) is 0. The van der Waals surface area contributed by atoms with Crippen molar-refractivity contribution < 1.29 is 4.79 Å². The molecule has 1 aromatic heterocycles. The normalized spacial score (nSPS) is 10.4. The molecule has 0 fully saturated rings. The second-order valence-electron chi connectivity index (χ2n) is 3.73. The third kappa shape index (κ3) is 2.92. The molecule has 0 aromatic carbocycles. The molecular weight excluding hydrogens is 208 g/mol. The van der Waals surface area contributed by atoms with E-state index in [1.807, 2.05) is 6.92 Å². The van der Waals surface area contributed by atoms with Gasteiger partial charge in [0.2, 0.25) is 0 Å². The van der Waals surface area contributed by atoms with Crippen molar-refractivity contribution in [1.82, 2.24) is 9.13 Å². The summed E-state index contributed by atoms with van der Waals surface area (Å²) in [7, 11) is 0. The molecule has 16 heavy (non-hydrogen) atoms. The summed E-state index contributed by atoms with van der Waals surface area (Å²) >= 11 is 0. The fourth-order valence-corrected chi connectivity index (χ4v) is 1.44. The van der Waals surface area contributed by atoms with E-state index in [1.54, 1.807) is 0 Å². The SMILES string of the molecule is CCCn1ccc(=O)n(CCC(C)=O)c1=O. The molecule has 0 aliphatic carbocycles. The van der Waals surface area contributed by atoms with Gasteiger partial charge in [-0.3, -0.25) is 14.2 Å². The van der Waals surface area contributed by atoms with Gasteiger partial charge in [0.25, 0.3) is 5.56 Å². The lowest BCUT2D eigenvalue weighted by molar-refractivity contribution is -0.117. The van der Waals surface area contributed by atoms with Crippen LogP contribution in [0.4, 0.5) is 0 Å². The van der Waals surface area contributed by atoms with Crippen LogP contribution in [0.2, 0.25) is 0 Å². The fourth-order valence-electron chi connectivity index (χ4n) is 1.44. The molecule has 0 spiro atoms. The van der Waals surface area contributed by atoms with Crippen molar-refractivity contribution in [3.63, 3.8) is 0 Å². The monoisotopic (exact) mass is 224 g/mol. The van der Waals surface area contributed by atoms with Gasteiger partial charge in [-0.25, -0.2) is 4.79 Å². The van der Waals surface area contributed by atoms with Crippen molar-refractivity contribution in [3.05, 3.63) is 33.1 Å². The molecule has 0 saturated heterocycles. The first-order valence-corrected chi connectivity index (χ1v) is 5.36. The number of rotatable bonds is 5. The maximum absolute atomic E-state index is 11.8. The topological polar surface area (TPSA) is 61.1 Å². The number of aryl methyl sites for hydroxylation is 1. The van der Waals surface area contributed by atoms with Gasteiger partial charge >= 0.3 is 5.69 Å². The summed E-state index contributed by atoms with van der Waals surface area (Å²) in [5, 5.41) is 0. The molecule has 0 radical (unpaired) electrons. The van der Waals surface area contributed by atoms with E-state index in [2.05, 4.69) is 0 Å². The Bertz CT molecular complexity index is 485. The van der Waals surface area contributed by atoms with E-state index in [1.165, 1.54) is 23.8 Å². The van der Waals surface area contributed by atoms with Gasteiger partial charge in [-0.2, -0.15) is 0 Å². The highest BCUT2D eigenvalue weighted by Gasteiger charge is 2.05. The van der Waals surface area contributed by atoms with Gasteiger partial charge < -0.3 is 4.57 Å². The number of hydrogen-bond acceptors (Lipinski definition) is 3. The van der Waals surface area contributed by atoms with Crippen LogP contribution in [-0.4, -0.2) is 14.9 Å². The smallest absolute Gasteiger partial charge is 0.300 e. The molecule has 1 aromatic rings. The van der Waals surface area contributed by atoms with Gasteiger partial charge in [0.1, 0.15) is 5.78 Å². The molecule has 0 aliphatic heterocycles. The lowest BCUT2D eigenvalue weighted by Gasteiger charge is -2.07. The molecule has 88 valence electrons. The van der Waals surface area contributed by atoms with Gasteiger partial charge in [0.15, 0.2) is 0 Å². The molecule has 0 atom stereocenters. The largest absolute Gasteiger partial charge is 0.330 e. The predicted octanol–water partition coefficient (Wildman–Crippen LogP) is 0.399. The quantitative estimate of drug-likeness (QED) is 0.727. The first kappa shape index (κ1) is 12.4. The van der Waals surface area contributed by atoms with Crippen LogP contribution < -0.4 is 11.2 Å². The molecular formula is C11H16N2O3. The van der Waals surface area contributed by atoms with E-state index in [0.29, 0.717) is 6.54 Å². The number of carbonyl (C=O) groups is 1. The molecule has 0 amide bonds. The van der Waals surface area contributed by atoms with Crippen LogP contribution in [0.1, 0.15) is 26.7 Å². The highest BCUT2D eigenvalue weighted by molar-refractivity contribution is 5.75. The second kappa shape index (κ2) is 5.44. The van der Waals surface area contributed by atoms with Gasteiger partial charge in [0, 0.05) is 31.8 Å². The predicted molar refractivity (Wildman–Crippen MR) is 60.6 cm³/mol. The number of carbonyl (C=O) groups excluding carboxylic acids is 1. The summed E-state index contributed by atoms with van der Waals surface area (Å²) in [6.45, 7) is 4.15. The van der Waals surface area contributed by atoms with Crippen LogP contribution >= 0.6 is 0 Å². The Morgan fingerprint density at radius 2 is 2.00 bits per heavy atom. The van der Waals surface area contributed by atoms with Crippen molar-refractivity contribution in [3.8, 4) is 0 Å². The fraction of sp³-hybridized carbons (Fsp3) is 0.545. The van der Waals surface area contributed by atoms with Crippen molar-refractivity contribution in [1.29, 1.82) is 0 Å².